The third-order valence-electron chi connectivity index (χ3n) is 12.2. The highest BCUT2D eigenvalue weighted by Crippen LogP contribution is 2.57. The topological polar surface area (TPSA) is 13.0 Å². The van der Waals surface area contributed by atoms with Gasteiger partial charge in [0.25, 0.3) is 0 Å². The van der Waals surface area contributed by atoms with Crippen LogP contribution in [0.15, 0.2) is 158 Å². The molecule has 264 valence electrons. The van der Waals surface area contributed by atoms with Crippen LogP contribution in [0.2, 0.25) is 0 Å². The van der Waals surface area contributed by atoms with Crippen LogP contribution in [-0.2, 0) is 0 Å². The number of nitrogens with zero attached hydrogens (tertiary/aromatic N) is 4. The van der Waals surface area contributed by atoms with Gasteiger partial charge in [0, 0.05) is 58.7 Å². The minimum absolute atomic E-state index is 1.14. The predicted octanol–water partition coefficient (Wildman–Crippen LogP) is 14.2. The van der Waals surface area contributed by atoms with Crippen molar-refractivity contribution in [1.82, 2.24) is 0 Å². The first-order valence-electron chi connectivity index (χ1n) is 19.3. The lowest BCUT2D eigenvalue weighted by Gasteiger charge is -2.37. The molecule has 4 heterocycles. The first-order chi connectivity index (χ1) is 27.6. The smallest absolute Gasteiger partial charge is 0.0534 e. The summed E-state index contributed by atoms with van der Waals surface area (Å²) >= 11 is 0. The summed E-state index contributed by atoms with van der Waals surface area (Å²) in [6.07, 6.45) is 8.93. The number of fused-ring (bicyclic) bond motifs is 8. The zero-order chi connectivity index (χ0) is 37.1. The maximum atomic E-state index is 2.41. The van der Waals surface area contributed by atoms with E-state index in [1.54, 1.807) is 0 Å². The molecule has 4 aliphatic rings. The van der Waals surface area contributed by atoms with E-state index in [0.717, 1.165) is 11.4 Å². The van der Waals surface area contributed by atoms with Crippen LogP contribution in [0.1, 0.15) is 22.3 Å². The van der Waals surface area contributed by atoms with Crippen molar-refractivity contribution in [3.05, 3.63) is 180 Å². The van der Waals surface area contributed by atoms with Gasteiger partial charge in [-0.25, -0.2) is 0 Å². The number of hydrogen-bond donors (Lipinski definition) is 0. The molecule has 0 fully saturated rings. The second-order valence-electron chi connectivity index (χ2n) is 15.1. The van der Waals surface area contributed by atoms with Crippen LogP contribution in [-0.4, -0.2) is 14.1 Å². The van der Waals surface area contributed by atoms with Gasteiger partial charge < -0.3 is 19.6 Å². The molecule has 0 saturated carbocycles. The molecule has 4 nitrogen and oxygen atoms in total. The quantitative estimate of drug-likeness (QED) is 0.177. The zero-order valence-corrected chi connectivity index (χ0v) is 31.1. The van der Waals surface area contributed by atoms with E-state index in [0.29, 0.717) is 0 Å². The molecular weight excluding hydrogens is 681 g/mol. The van der Waals surface area contributed by atoms with Gasteiger partial charge in [0.05, 0.1) is 34.1 Å². The largest absolute Gasteiger partial charge is 0.344 e. The molecule has 0 aromatic heterocycles. The van der Waals surface area contributed by atoms with Crippen LogP contribution in [0, 0.1) is 0 Å². The Morgan fingerprint density at radius 1 is 0.286 bits per heavy atom. The Bertz CT molecular complexity index is 2740. The Morgan fingerprint density at radius 2 is 0.607 bits per heavy atom. The van der Waals surface area contributed by atoms with E-state index >= 15 is 0 Å². The molecular formula is C52H36N4. The molecule has 8 aromatic carbocycles. The monoisotopic (exact) mass is 716 g/mol. The predicted molar refractivity (Wildman–Crippen MR) is 238 cm³/mol. The maximum Gasteiger partial charge on any atom is 0.0534 e. The van der Waals surface area contributed by atoms with Crippen LogP contribution in [0.3, 0.4) is 0 Å². The Morgan fingerprint density at radius 3 is 0.964 bits per heavy atom. The van der Waals surface area contributed by atoms with Gasteiger partial charge in [-0.15, -0.1) is 0 Å². The molecule has 8 aromatic rings. The van der Waals surface area contributed by atoms with Gasteiger partial charge in [0.2, 0.25) is 0 Å². The lowest BCUT2D eigenvalue weighted by molar-refractivity contribution is 1.18. The van der Waals surface area contributed by atoms with Gasteiger partial charge in [0.1, 0.15) is 0 Å². The van der Waals surface area contributed by atoms with Gasteiger partial charge in [-0.2, -0.15) is 0 Å². The average molecular weight is 717 g/mol. The van der Waals surface area contributed by atoms with Gasteiger partial charge in [-0.05, 0) is 94.0 Å². The lowest BCUT2D eigenvalue weighted by Crippen LogP contribution is -2.20. The maximum absolute atomic E-state index is 2.41. The highest BCUT2D eigenvalue weighted by Gasteiger charge is 2.32. The molecule has 0 aliphatic carbocycles. The summed E-state index contributed by atoms with van der Waals surface area (Å²) < 4.78 is 0. The molecule has 0 bridgehead atoms. The second-order valence-corrected chi connectivity index (χ2v) is 15.1. The third kappa shape index (κ3) is 4.29. The van der Waals surface area contributed by atoms with Crippen molar-refractivity contribution < 1.29 is 0 Å². The number of rotatable bonds is 2. The molecule has 0 saturated heterocycles. The summed E-state index contributed by atoms with van der Waals surface area (Å²) in [6, 6.07) is 58.0. The van der Waals surface area contributed by atoms with E-state index < -0.39 is 0 Å². The molecule has 4 heteroatoms. The van der Waals surface area contributed by atoms with Crippen LogP contribution < -0.4 is 19.6 Å². The molecule has 0 unspecified atom stereocenters. The highest BCUT2D eigenvalue weighted by atomic mass is 15.2. The van der Waals surface area contributed by atoms with E-state index in [9.17, 15) is 0 Å². The Labute approximate surface area is 326 Å². The Balaban J connectivity index is 1.00. The summed E-state index contributed by atoms with van der Waals surface area (Å²) in [5, 5.41) is 2.61. The zero-order valence-electron chi connectivity index (χ0n) is 31.1. The molecule has 0 N–H and O–H groups in total. The number of benzene rings is 8. The summed E-state index contributed by atoms with van der Waals surface area (Å²) in [5.41, 5.74) is 21.7. The normalized spacial score (nSPS) is 14.0. The van der Waals surface area contributed by atoms with E-state index in [2.05, 4.69) is 216 Å². The minimum atomic E-state index is 1.14. The highest BCUT2D eigenvalue weighted by molar-refractivity contribution is 6.23. The van der Waals surface area contributed by atoms with Crippen molar-refractivity contribution in [3.8, 4) is 22.3 Å². The summed E-state index contributed by atoms with van der Waals surface area (Å²) in [7, 11) is 4.44. The SMILES string of the molecule is CN1c2cc(N3c4ccccc4C=Cc4ccccc43)ccc2-c2ccc3c4c(ccc1c24)N(C)c1cc(N2c4ccccc4C=Cc4ccccc42)ccc1-3. The molecule has 0 radical (unpaired) electrons. The number of para-hydroxylation sites is 4. The van der Waals surface area contributed by atoms with Crippen LogP contribution >= 0.6 is 0 Å². The lowest BCUT2D eigenvalue weighted by atomic mass is 9.84. The molecule has 0 amide bonds. The summed E-state index contributed by atoms with van der Waals surface area (Å²) in [4.78, 5) is 9.61. The van der Waals surface area contributed by atoms with E-state index in [4.69, 9.17) is 0 Å². The fourth-order valence-electron chi connectivity index (χ4n) is 9.56. The molecule has 4 aliphatic heterocycles. The van der Waals surface area contributed by atoms with Crippen molar-refractivity contribution in [2.24, 2.45) is 0 Å². The number of hydrogen-bond acceptors (Lipinski definition) is 4. The minimum Gasteiger partial charge on any atom is -0.344 e. The summed E-state index contributed by atoms with van der Waals surface area (Å²) in [6.45, 7) is 0. The van der Waals surface area contributed by atoms with E-state index in [1.165, 1.54) is 101 Å². The van der Waals surface area contributed by atoms with Crippen molar-refractivity contribution in [2.75, 3.05) is 33.7 Å². The fraction of sp³-hybridized carbons (Fsp3) is 0.0385. The van der Waals surface area contributed by atoms with Crippen molar-refractivity contribution in [3.63, 3.8) is 0 Å². The fourth-order valence-corrected chi connectivity index (χ4v) is 9.56. The van der Waals surface area contributed by atoms with E-state index in [-0.39, 0.29) is 0 Å². The van der Waals surface area contributed by atoms with Crippen LogP contribution in [0.5, 0.6) is 0 Å². The average Bonchev–Trinajstić information content (AvgIpc) is 3.53. The van der Waals surface area contributed by atoms with E-state index in [1.807, 2.05) is 0 Å². The molecule has 56 heavy (non-hydrogen) atoms. The van der Waals surface area contributed by atoms with Crippen molar-refractivity contribution in [1.29, 1.82) is 0 Å². The first-order valence-corrected chi connectivity index (χ1v) is 19.3. The van der Waals surface area contributed by atoms with Crippen molar-refractivity contribution in [2.45, 2.75) is 0 Å². The second kappa shape index (κ2) is 11.6. The third-order valence-corrected chi connectivity index (χ3v) is 12.2. The molecule has 12 rings (SSSR count). The Kier molecular flexibility index (Phi) is 6.44. The van der Waals surface area contributed by atoms with Gasteiger partial charge in [-0.1, -0.05) is 121 Å². The van der Waals surface area contributed by atoms with Gasteiger partial charge >= 0.3 is 0 Å². The number of anilines is 10. The molecule has 0 spiro atoms. The Hall–Kier alpha value is -7.30. The standard InChI is InChI=1S/C52H36N4/c1-53-47-29-30-48-52-42(40-26-24-38(32-50(40)54(48)2)56-45-17-9-5-13-35(45)21-22-36-14-6-10-18-46(36)56)28-27-41(51(47)52)39-25-23-37(31-49(39)53)55-43-15-7-3-11-33(43)19-20-34-12-4-8-16-44(34)55/h3-32H,1-2H3. The summed E-state index contributed by atoms with van der Waals surface area (Å²) in [5.74, 6) is 0. The van der Waals surface area contributed by atoms with Crippen LogP contribution in [0.25, 0.3) is 57.3 Å². The van der Waals surface area contributed by atoms with Crippen LogP contribution in [0.4, 0.5) is 56.9 Å². The van der Waals surface area contributed by atoms with Crippen molar-refractivity contribution >= 4 is 92.0 Å². The first kappa shape index (κ1) is 31.1. The van der Waals surface area contributed by atoms with Gasteiger partial charge in [-0.3, -0.25) is 0 Å². The molecule has 0 atom stereocenters. The van der Waals surface area contributed by atoms with Gasteiger partial charge in [0.15, 0.2) is 0 Å².